The first kappa shape index (κ1) is 29.8. The summed E-state index contributed by atoms with van der Waals surface area (Å²) in [6.07, 6.45) is 22.2. The Kier molecular flexibility index (Phi) is 25.4. The van der Waals surface area contributed by atoms with E-state index >= 15 is 0 Å². The van der Waals surface area contributed by atoms with Gasteiger partial charge in [0.25, 0.3) is 0 Å². The standard InChI is InChI=1S/C18H36O2.C6H11NO2/c1-2-3-4-5-6-7-8-9-10-11-12-13-14-15-16-17-18(19)20;1-2-3-5(4-7)6(8)9/h2-17H2,1H3,(H,19,20);2,5H,1,3-4,7H2,(H,8,9). The van der Waals surface area contributed by atoms with Crippen molar-refractivity contribution in [3.8, 4) is 0 Å². The lowest BCUT2D eigenvalue weighted by Gasteiger charge is -2.03. The van der Waals surface area contributed by atoms with Crippen molar-refractivity contribution in [2.75, 3.05) is 6.54 Å². The second kappa shape index (κ2) is 24.7. The summed E-state index contributed by atoms with van der Waals surface area (Å²) in [6, 6.07) is 0. The van der Waals surface area contributed by atoms with Crippen LogP contribution in [0.1, 0.15) is 116 Å². The van der Waals surface area contributed by atoms with E-state index in [1.165, 1.54) is 83.5 Å². The maximum absolute atomic E-state index is 10.3. The fraction of sp³-hybridized carbons (Fsp3) is 0.833. The Hall–Kier alpha value is -1.36. The molecule has 0 aromatic carbocycles. The number of hydrogen-bond acceptors (Lipinski definition) is 3. The molecule has 4 N–H and O–H groups in total. The molecular formula is C24H47NO4. The molecule has 0 fully saturated rings. The first-order valence-corrected chi connectivity index (χ1v) is 11.7. The minimum Gasteiger partial charge on any atom is -0.481 e. The van der Waals surface area contributed by atoms with Gasteiger partial charge in [-0.05, 0) is 12.8 Å². The van der Waals surface area contributed by atoms with Crippen molar-refractivity contribution in [2.24, 2.45) is 11.7 Å². The van der Waals surface area contributed by atoms with Crippen LogP contribution in [-0.2, 0) is 9.59 Å². The van der Waals surface area contributed by atoms with Gasteiger partial charge in [0.1, 0.15) is 0 Å². The molecule has 5 nitrogen and oxygen atoms in total. The Bertz CT molecular complexity index is 385. The van der Waals surface area contributed by atoms with Crippen molar-refractivity contribution < 1.29 is 19.8 Å². The highest BCUT2D eigenvalue weighted by atomic mass is 16.4. The van der Waals surface area contributed by atoms with Crippen molar-refractivity contribution in [1.29, 1.82) is 0 Å². The zero-order valence-corrected chi connectivity index (χ0v) is 18.9. The minimum atomic E-state index is -0.850. The van der Waals surface area contributed by atoms with Gasteiger partial charge >= 0.3 is 11.9 Å². The number of unbranched alkanes of at least 4 members (excludes halogenated alkanes) is 14. The van der Waals surface area contributed by atoms with Crippen LogP contribution in [0.5, 0.6) is 0 Å². The SMILES string of the molecule is C=CCC(CN)C(=O)O.CCCCCCCCCCCCCCCCCC(=O)O. The molecule has 0 saturated heterocycles. The highest BCUT2D eigenvalue weighted by Crippen LogP contribution is 2.13. The summed E-state index contributed by atoms with van der Waals surface area (Å²) in [5, 5.41) is 16.9. The van der Waals surface area contributed by atoms with Gasteiger partial charge in [-0.25, -0.2) is 0 Å². The predicted molar refractivity (Wildman–Crippen MR) is 122 cm³/mol. The largest absolute Gasteiger partial charge is 0.481 e. The summed E-state index contributed by atoms with van der Waals surface area (Å²) >= 11 is 0. The van der Waals surface area contributed by atoms with Crippen molar-refractivity contribution >= 4 is 11.9 Å². The average Bonchev–Trinajstić information content (AvgIpc) is 2.69. The molecule has 0 aliphatic rings. The summed E-state index contributed by atoms with van der Waals surface area (Å²) in [4.78, 5) is 20.5. The summed E-state index contributed by atoms with van der Waals surface area (Å²) in [5.41, 5.74) is 5.13. The van der Waals surface area contributed by atoms with E-state index in [0.717, 1.165) is 12.8 Å². The van der Waals surface area contributed by atoms with E-state index in [4.69, 9.17) is 15.9 Å². The van der Waals surface area contributed by atoms with E-state index in [1.54, 1.807) is 6.08 Å². The Balaban J connectivity index is 0. The van der Waals surface area contributed by atoms with Crippen molar-refractivity contribution in [2.45, 2.75) is 116 Å². The van der Waals surface area contributed by atoms with Gasteiger partial charge in [0.15, 0.2) is 0 Å². The fourth-order valence-electron chi connectivity index (χ4n) is 3.15. The molecule has 0 aliphatic heterocycles. The molecular weight excluding hydrogens is 366 g/mol. The smallest absolute Gasteiger partial charge is 0.308 e. The van der Waals surface area contributed by atoms with Crippen LogP contribution in [0.15, 0.2) is 12.7 Å². The molecule has 0 rings (SSSR count). The summed E-state index contributed by atoms with van der Waals surface area (Å²) in [6.45, 7) is 5.86. The minimum absolute atomic E-state index is 0.182. The Labute approximate surface area is 179 Å². The third kappa shape index (κ3) is 26.6. The van der Waals surface area contributed by atoms with E-state index in [-0.39, 0.29) is 6.54 Å². The molecule has 1 unspecified atom stereocenters. The topological polar surface area (TPSA) is 101 Å². The first-order chi connectivity index (χ1) is 14.0. The van der Waals surface area contributed by atoms with Crippen LogP contribution in [0, 0.1) is 5.92 Å². The highest BCUT2D eigenvalue weighted by Gasteiger charge is 2.11. The number of allylic oxidation sites excluding steroid dienone is 1. The van der Waals surface area contributed by atoms with Crippen LogP contribution in [0.3, 0.4) is 0 Å². The van der Waals surface area contributed by atoms with E-state index in [2.05, 4.69) is 13.5 Å². The van der Waals surface area contributed by atoms with Gasteiger partial charge in [-0.1, -0.05) is 103 Å². The summed E-state index contributed by atoms with van der Waals surface area (Å²) in [7, 11) is 0. The lowest BCUT2D eigenvalue weighted by molar-refractivity contribution is -0.141. The lowest BCUT2D eigenvalue weighted by atomic mass is 10.0. The van der Waals surface area contributed by atoms with Gasteiger partial charge in [0.05, 0.1) is 5.92 Å². The van der Waals surface area contributed by atoms with Crippen LogP contribution in [0.2, 0.25) is 0 Å². The van der Waals surface area contributed by atoms with Crippen molar-refractivity contribution in [3.05, 3.63) is 12.7 Å². The van der Waals surface area contributed by atoms with Crippen LogP contribution in [-0.4, -0.2) is 28.7 Å². The van der Waals surface area contributed by atoms with Crippen LogP contribution < -0.4 is 5.73 Å². The molecule has 0 amide bonds. The predicted octanol–water partition coefficient (Wildman–Crippen LogP) is 6.55. The van der Waals surface area contributed by atoms with E-state index in [9.17, 15) is 9.59 Å². The van der Waals surface area contributed by atoms with Gasteiger partial charge < -0.3 is 15.9 Å². The number of carboxylic acids is 2. The molecule has 0 radical (unpaired) electrons. The number of rotatable bonds is 20. The molecule has 1 atom stereocenters. The zero-order valence-electron chi connectivity index (χ0n) is 18.9. The van der Waals surface area contributed by atoms with Gasteiger partial charge in [-0.15, -0.1) is 6.58 Å². The lowest BCUT2D eigenvalue weighted by Crippen LogP contribution is -2.22. The molecule has 0 spiro atoms. The fourth-order valence-corrected chi connectivity index (χ4v) is 3.15. The van der Waals surface area contributed by atoms with Gasteiger partial charge in [0, 0.05) is 13.0 Å². The van der Waals surface area contributed by atoms with E-state index in [0.29, 0.717) is 12.8 Å². The van der Waals surface area contributed by atoms with Gasteiger partial charge in [-0.3, -0.25) is 9.59 Å². The zero-order chi connectivity index (χ0) is 22.2. The molecule has 5 heteroatoms. The number of hydrogen-bond donors (Lipinski definition) is 3. The van der Waals surface area contributed by atoms with Gasteiger partial charge in [-0.2, -0.15) is 0 Å². The number of carboxylic acid groups (broad SMARTS) is 2. The molecule has 0 aliphatic carbocycles. The van der Waals surface area contributed by atoms with Crippen LogP contribution in [0.4, 0.5) is 0 Å². The van der Waals surface area contributed by atoms with Crippen LogP contribution in [0.25, 0.3) is 0 Å². The maximum atomic E-state index is 10.3. The molecule has 0 saturated carbocycles. The molecule has 172 valence electrons. The Morgan fingerprint density at radius 3 is 1.41 bits per heavy atom. The first-order valence-electron chi connectivity index (χ1n) is 11.7. The molecule has 0 heterocycles. The second-order valence-corrected chi connectivity index (χ2v) is 7.89. The third-order valence-electron chi connectivity index (χ3n) is 5.08. The maximum Gasteiger partial charge on any atom is 0.308 e. The number of nitrogens with two attached hydrogens (primary N) is 1. The quantitative estimate of drug-likeness (QED) is 0.155. The molecule has 0 aromatic heterocycles. The normalized spacial score (nSPS) is 11.4. The Morgan fingerprint density at radius 1 is 0.793 bits per heavy atom. The summed E-state index contributed by atoms with van der Waals surface area (Å²) in [5.74, 6) is -1.96. The second-order valence-electron chi connectivity index (χ2n) is 7.89. The third-order valence-corrected chi connectivity index (χ3v) is 5.08. The van der Waals surface area contributed by atoms with Crippen molar-refractivity contribution in [3.63, 3.8) is 0 Å². The number of aliphatic carboxylic acids is 2. The molecule has 29 heavy (non-hydrogen) atoms. The molecule has 0 bridgehead atoms. The molecule has 0 aromatic rings. The van der Waals surface area contributed by atoms with Crippen LogP contribution >= 0.6 is 0 Å². The van der Waals surface area contributed by atoms with E-state index in [1.807, 2.05) is 0 Å². The number of carbonyl (C=O) groups is 2. The monoisotopic (exact) mass is 413 g/mol. The summed E-state index contributed by atoms with van der Waals surface area (Å²) < 4.78 is 0. The van der Waals surface area contributed by atoms with Gasteiger partial charge in [0.2, 0.25) is 0 Å². The Morgan fingerprint density at radius 2 is 1.17 bits per heavy atom. The highest BCUT2D eigenvalue weighted by molar-refractivity contribution is 5.70. The van der Waals surface area contributed by atoms with Crippen molar-refractivity contribution in [1.82, 2.24) is 0 Å². The van der Waals surface area contributed by atoms with E-state index < -0.39 is 17.9 Å². The average molecular weight is 414 g/mol.